The van der Waals surface area contributed by atoms with Crippen molar-refractivity contribution in [1.82, 2.24) is 0 Å². The number of anilines is 1. The van der Waals surface area contributed by atoms with Crippen molar-refractivity contribution >= 4 is 21.5 Å². The minimum absolute atomic E-state index is 0.234. The van der Waals surface area contributed by atoms with Gasteiger partial charge in [0.25, 0.3) is 10.0 Å². The molecule has 0 unspecified atom stereocenters. The Morgan fingerprint density at radius 1 is 1.22 bits per heavy atom. The van der Waals surface area contributed by atoms with Gasteiger partial charge in [-0.25, -0.2) is 0 Å². The molecule has 0 aromatic heterocycles. The molecule has 0 saturated carbocycles. The Labute approximate surface area is 106 Å². The molecule has 5 nitrogen and oxygen atoms in total. The third kappa shape index (κ3) is 2.02. The average molecular weight is 266 g/mol. The summed E-state index contributed by atoms with van der Waals surface area (Å²) in [7, 11) is -3.53. The van der Waals surface area contributed by atoms with Gasteiger partial charge in [0, 0.05) is 18.8 Å². The van der Waals surface area contributed by atoms with Gasteiger partial charge >= 0.3 is 0 Å². The first-order valence-electron chi connectivity index (χ1n) is 6.19. The van der Waals surface area contributed by atoms with E-state index in [-0.39, 0.29) is 10.8 Å². The molecule has 1 aromatic carbocycles. The molecule has 0 spiro atoms. The third-order valence-corrected chi connectivity index (χ3v) is 4.82. The van der Waals surface area contributed by atoms with Gasteiger partial charge in [0.05, 0.1) is 18.8 Å². The molecule has 3 rings (SSSR count). The van der Waals surface area contributed by atoms with Crippen LogP contribution >= 0.6 is 0 Å². The van der Waals surface area contributed by atoms with E-state index in [0.717, 1.165) is 25.9 Å². The van der Waals surface area contributed by atoms with Crippen LogP contribution in [0.2, 0.25) is 0 Å². The second-order valence-corrected chi connectivity index (χ2v) is 6.29. The second kappa shape index (κ2) is 4.37. The minimum Gasteiger partial charge on any atom is -0.346 e. The number of piperidine rings is 1. The average Bonchev–Trinajstić information content (AvgIpc) is 2.39. The van der Waals surface area contributed by atoms with E-state index in [2.05, 4.69) is 15.0 Å². The van der Waals surface area contributed by atoms with E-state index in [1.165, 1.54) is 0 Å². The van der Waals surface area contributed by atoms with E-state index in [4.69, 9.17) is 0 Å². The monoisotopic (exact) mass is 266 g/mol. The Morgan fingerprint density at radius 2 is 1.94 bits per heavy atom. The molecule has 1 fully saturated rings. The number of amidine groups is 1. The van der Waals surface area contributed by atoms with Crippen LogP contribution in [0.5, 0.6) is 0 Å². The van der Waals surface area contributed by atoms with E-state index in [0.29, 0.717) is 11.5 Å². The fourth-order valence-electron chi connectivity index (χ4n) is 2.51. The number of hydrogen-bond donors (Lipinski definition) is 2. The molecular weight excluding hydrogens is 250 g/mol. The summed E-state index contributed by atoms with van der Waals surface area (Å²) >= 11 is 0. The predicted molar refractivity (Wildman–Crippen MR) is 69.1 cm³/mol. The molecule has 1 aromatic rings. The molecule has 2 aliphatic rings. The molecule has 96 valence electrons. The fraction of sp³-hybridized carbons (Fsp3) is 0.417. The van der Waals surface area contributed by atoms with Crippen LogP contribution in [0.3, 0.4) is 0 Å². The van der Waals surface area contributed by atoms with Crippen LogP contribution < -0.4 is 10.6 Å². The molecule has 1 saturated heterocycles. The van der Waals surface area contributed by atoms with Gasteiger partial charge in [-0.15, -0.1) is 4.40 Å². The number of hydrogen-bond acceptors (Lipinski definition) is 3. The zero-order valence-corrected chi connectivity index (χ0v) is 10.8. The fourth-order valence-corrected chi connectivity index (χ4v) is 3.71. The third-order valence-electron chi connectivity index (χ3n) is 3.47. The zero-order chi connectivity index (χ0) is 12.6. The zero-order valence-electron chi connectivity index (χ0n) is 9.96. The van der Waals surface area contributed by atoms with Gasteiger partial charge in [-0.05, 0) is 12.1 Å². The molecule has 0 amide bonds. The molecule has 2 aliphatic heterocycles. The molecule has 6 heteroatoms. The largest absolute Gasteiger partial charge is 0.346 e. The summed E-state index contributed by atoms with van der Waals surface area (Å²) < 4.78 is 28.1. The predicted octanol–water partition coefficient (Wildman–Crippen LogP) is 0.173. The van der Waals surface area contributed by atoms with Gasteiger partial charge in [-0.3, -0.25) is 0 Å². The van der Waals surface area contributed by atoms with Crippen molar-refractivity contribution in [3.63, 3.8) is 0 Å². The van der Waals surface area contributed by atoms with Gasteiger partial charge in [0.1, 0.15) is 10.7 Å². The van der Waals surface area contributed by atoms with Gasteiger partial charge in [-0.1, -0.05) is 12.1 Å². The Balaban J connectivity index is 1.98. The van der Waals surface area contributed by atoms with Crippen molar-refractivity contribution < 1.29 is 13.7 Å². The van der Waals surface area contributed by atoms with Crippen molar-refractivity contribution in [3.05, 3.63) is 24.3 Å². The van der Waals surface area contributed by atoms with Crippen molar-refractivity contribution in [2.45, 2.75) is 17.7 Å². The Kier molecular flexibility index (Phi) is 2.83. The summed E-state index contributed by atoms with van der Waals surface area (Å²) in [6, 6.07) is 6.93. The molecule has 0 atom stereocenters. The first kappa shape index (κ1) is 11.7. The maximum Gasteiger partial charge on any atom is 0.286 e. The smallest absolute Gasteiger partial charge is 0.286 e. The highest BCUT2D eigenvalue weighted by atomic mass is 32.2. The number of para-hydroxylation sites is 1. The first-order valence-corrected chi connectivity index (χ1v) is 7.63. The lowest BCUT2D eigenvalue weighted by Crippen LogP contribution is -2.86. The summed E-state index contributed by atoms with van der Waals surface area (Å²) in [6.45, 7) is 2.07. The highest BCUT2D eigenvalue weighted by Crippen LogP contribution is 2.29. The molecule has 0 aliphatic carbocycles. The number of fused-ring (bicyclic) bond motifs is 1. The van der Waals surface area contributed by atoms with Crippen LogP contribution in [-0.2, 0) is 10.0 Å². The topological polar surface area (TPSA) is 75.1 Å². The number of nitrogens with zero attached hydrogens (tertiary/aromatic N) is 1. The lowest BCUT2D eigenvalue weighted by molar-refractivity contribution is -0.663. The van der Waals surface area contributed by atoms with Gasteiger partial charge < -0.3 is 10.6 Å². The van der Waals surface area contributed by atoms with Crippen LogP contribution in [0.1, 0.15) is 12.8 Å². The van der Waals surface area contributed by atoms with Gasteiger partial charge in [0.2, 0.25) is 0 Å². The summed E-state index contributed by atoms with van der Waals surface area (Å²) in [5.41, 5.74) is 0.650. The molecule has 18 heavy (non-hydrogen) atoms. The van der Waals surface area contributed by atoms with Crippen LogP contribution in [0, 0.1) is 5.92 Å². The first-order chi connectivity index (χ1) is 8.67. The van der Waals surface area contributed by atoms with E-state index in [1.54, 1.807) is 18.2 Å². The highest BCUT2D eigenvalue weighted by molar-refractivity contribution is 7.90. The molecule has 0 bridgehead atoms. The SMILES string of the molecule is O=S1(=O)N=C(C2CC[NH2+]CC2)Nc2ccccc21. The quantitative estimate of drug-likeness (QED) is 0.761. The molecule has 2 heterocycles. The number of quaternary nitrogens is 1. The molecular formula is C12H16N3O2S+. The van der Waals surface area contributed by atoms with Crippen LogP contribution in [0.4, 0.5) is 5.69 Å². The minimum atomic E-state index is -3.53. The summed E-state index contributed by atoms with van der Waals surface area (Å²) in [5.74, 6) is 0.847. The number of nitrogens with one attached hydrogen (secondary N) is 1. The maximum atomic E-state index is 12.1. The Hall–Kier alpha value is -1.40. The van der Waals surface area contributed by atoms with E-state index < -0.39 is 10.0 Å². The molecule has 3 N–H and O–H groups in total. The number of rotatable bonds is 1. The standard InChI is InChI=1S/C12H15N3O2S/c16-18(17)11-4-2-1-3-10(11)14-12(15-18)9-5-7-13-8-6-9/h1-4,9,13H,5-8H2,(H,14,15)/p+1. The second-order valence-electron chi connectivity index (χ2n) is 4.71. The Bertz CT molecular complexity index is 589. The summed E-state index contributed by atoms with van der Waals surface area (Å²) in [5, 5.41) is 5.43. The van der Waals surface area contributed by atoms with Gasteiger partial charge in [0.15, 0.2) is 0 Å². The summed E-state index contributed by atoms with van der Waals surface area (Å²) in [4.78, 5) is 0.274. The van der Waals surface area contributed by atoms with Gasteiger partial charge in [-0.2, -0.15) is 8.42 Å². The lowest BCUT2D eigenvalue weighted by Gasteiger charge is -2.26. The summed E-state index contributed by atoms with van der Waals surface area (Å²) in [6.07, 6.45) is 1.95. The number of sulfonamides is 1. The van der Waals surface area contributed by atoms with Crippen molar-refractivity contribution in [2.75, 3.05) is 18.4 Å². The Morgan fingerprint density at radius 3 is 2.72 bits per heavy atom. The number of nitrogens with two attached hydrogens (primary N) is 1. The van der Waals surface area contributed by atoms with Crippen LogP contribution in [0.15, 0.2) is 33.6 Å². The highest BCUT2D eigenvalue weighted by Gasteiger charge is 2.29. The maximum absolute atomic E-state index is 12.1. The van der Waals surface area contributed by atoms with E-state index >= 15 is 0 Å². The van der Waals surface area contributed by atoms with E-state index in [9.17, 15) is 8.42 Å². The lowest BCUT2D eigenvalue weighted by atomic mass is 9.96. The van der Waals surface area contributed by atoms with Crippen LogP contribution in [-0.4, -0.2) is 27.3 Å². The molecule has 0 radical (unpaired) electrons. The van der Waals surface area contributed by atoms with Crippen LogP contribution in [0.25, 0.3) is 0 Å². The van der Waals surface area contributed by atoms with Crippen molar-refractivity contribution in [2.24, 2.45) is 10.3 Å². The van der Waals surface area contributed by atoms with Crippen molar-refractivity contribution in [3.8, 4) is 0 Å². The normalized spacial score (nSPS) is 22.8. The number of benzene rings is 1. The van der Waals surface area contributed by atoms with Crippen molar-refractivity contribution in [1.29, 1.82) is 0 Å². The van der Waals surface area contributed by atoms with E-state index in [1.807, 2.05) is 6.07 Å².